The SMILES string of the molecule is O=C(C[P+](C[N+](=O)[O-])(C[N+](=O)[O-])C[N+](=O)[O-])c1ccccc1.O=C(C[P+](C[N+](=O)[O-])(C[N+](=O)[O-])C[N+](=O)[O-])c1ccccc1.[O-]B([O-])Oc1cc(C(F)(F)F)cc(C(F)(F)F)c1. The van der Waals surface area contributed by atoms with Gasteiger partial charge >= 0.3 is 50.1 Å². The van der Waals surface area contributed by atoms with Crippen LogP contribution in [0.2, 0.25) is 0 Å². The van der Waals surface area contributed by atoms with Crippen LogP contribution in [0.25, 0.3) is 0 Å². The summed E-state index contributed by atoms with van der Waals surface area (Å²) in [6.07, 6.45) is -16.6. The molecule has 0 aliphatic heterocycles. The van der Waals surface area contributed by atoms with E-state index in [9.17, 15) is 107 Å². The Kier molecular flexibility index (Phi) is 20.4. The molecule has 0 unspecified atom stereocenters. The van der Waals surface area contributed by atoms with Crippen LogP contribution in [-0.4, -0.2) is 98.5 Å². The van der Waals surface area contributed by atoms with E-state index >= 15 is 0 Å². The Morgan fingerprint density at radius 3 is 0.968 bits per heavy atom. The van der Waals surface area contributed by atoms with E-state index in [0.717, 1.165) is 0 Å². The lowest BCUT2D eigenvalue weighted by Crippen LogP contribution is -2.50. The fraction of sp³-hybridized carbons (Fsp3) is 0.333. The second-order valence-corrected chi connectivity index (χ2v) is 20.3. The van der Waals surface area contributed by atoms with Gasteiger partial charge in [0.05, 0.1) is 46.4 Å². The summed E-state index contributed by atoms with van der Waals surface area (Å²) >= 11 is 0. The number of nitrogens with zero attached hydrogens (tertiary/aromatic N) is 6. The minimum Gasteiger partial charge on any atom is -0.860 e. The highest BCUT2D eigenvalue weighted by molar-refractivity contribution is 7.76. The highest BCUT2D eigenvalue weighted by atomic mass is 31.2. The van der Waals surface area contributed by atoms with E-state index in [4.69, 9.17) is 0 Å². The lowest BCUT2D eigenvalue weighted by atomic mass is 10.1. The Morgan fingerprint density at radius 2 is 0.758 bits per heavy atom. The smallest absolute Gasteiger partial charge is 0.416 e. The minimum atomic E-state index is -5.05. The van der Waals surface area contributed by atoms with Crippen molar-refractivity contribution in [3.8, 4) is 5.75 Å². The van der Waals surface area contributed by atoms with Gasteiger partial charge in [0, 0.05) is 11.1 Å². The van der Waals surface area contributed by atoms with Gasteiger partial charge in [0.15, 0.2) is 0 Å². The van der Waals surface area contributed by atoms with Gasteiger partial charge in [-0.25, -0.2) is 0 Å². The number of Topliss-reactive ketones (excluding diaryl/α,β-unsaturated/α-hetero) is 2. The molecular weight excluding hydrogens is 903 g/mol. The second-order valence-electron chi connectivity index (χ2n) is 12.6. The van der Waals surface area contributed by atoms with Gasteiger partial charge < -0.3 is 14.7 Å². The van der Waals surface area contributed by atoms with E-state index in [1.54, 1.807) is 36.4 Å². The summed E-state index contributed by atoms with van der Waals surface area (Å²) in [5.41, 5.74) is -2.87. The van der Waals surface area contributed by atoms with Crippen LogP contribution in [0.1, 0.15) is 31.8 Å². The highest BCUT2D eigenvalue weighted by Crippen LogP contribution is 2.59. The van der Waals surface area contributed by atoms with E-state index < -0.39 is 142 Å². The number of benzene rings is 3. The van der Waals surface area contributed by atoms with E-state index in [-0.39, 0.29) is 29.3 Å². The van der Waals surface area contributed by atoms with Crippen LogP contribution in [-0.2, 0) is 12.4 Å². The van der Waals surface area contributed by atoms with Crippen LogP contribution in [0, 0.1) is 60.7 Å². The summed E-state index contributed by atoms with van der Waals surface area (Å²) in [5, 5.41) is 84.8. The lowest BCUT2D eigenvalue weighted by molar-refractivity contribution is -0.484. The van der Waals surface area contributed by atoms with Crippen molar-refractivity contribution in [1.82, 2.24) is 0 Å². The van der Waals surface area contributed by atoms with Crippen LogP contribution in [0.5, 0.6) is 5.75 Å². The topological polar surface area (TPSA) is 348 Å². The maximum atomic E-state index is 12.3. The molecule has 3 aromatic rings. The fourth-order valence-electron chi connectivity index (χ4n) is 5.18. The predicted octanol–water partition coefficient (Wildman–Crippen LogP) is 3.99. The number of ketones is 2. The minimum absolute atomic E-state index is 0.141. The van der Waals surface area contributed by atoms with Crippen LogP contribution in [0.4, 0.5) is 26.3 Å². The molecule has 32 heteroatoms. The standard InChI is InChI=1S/2C11H13N3O7P.C8H3BF6O3/c2*15-11(10-4-2-1-3-5-10)6-22(7-12(16)17,8-13(18)19)9-14(20)21;10-7(11,12)4-1-5(8(13,14)15)3-6(2-4)18-9(16)17/h2*1-5H,6-9H2;1-3H/q2*+1;-2. The number of carbonyl (C=O) groups excluding carboxylic acids is 2. The first-order chi connectivity index (χ1) is 28.5. The quantitative estimate of drug-likeness (QED) is 0.0386. The molecule has 0 bridgehead atoms. The zero-order valence-corrected chi connectivity index (χ0v) is 32.8. The van der Waals surface area contributed by atoms with Gasteiger partial charge in [0.25, 0.3) is 0 Å². The summed E-state index contributed by atoms with van der Waals surface area (Å²) in [6, 6.07) is 15.6. The van der Waals surface area contributed by atoms with Gasteiger partial charge in [-0.05, 0) is 18.2 Å². The van der Waals surface area contributed by atoms with Gasteiger partial charge in [-0.1, -0.05) is 60.7 Å². The van der Waals surface area contributed by atoms with Crippen LogP contribution in [0.15, 0.2) is 78.9 Å². The Morgan fingerprint density at radius 1 is 0.500 bits per heavy atom. The average Bonchev–Trinajstić information content (AvgIpc) is 3.09. The first-order valence-corrected chi connectivity index (χ1v) is 21.4. The third-order valence-electron chi connectivity index (χ3n) is 7.44. The number of alkyl halides is 6. The molecule has 0 atom stereocenters. The molecule has 0 fully saturated rings. The molecule has 0 N–H and O–H groups in total. The number of hydrogen-bond donors (Lipinski definition) is 0. The summed E-state index contributed by atoms with van der Waals surface area (Å²) in [4.78, 5) is 84.0. The number of rotatable bonds is 20. The van der Waals surface area contributed by atoms with Crippen molar-refractivity contribution >= 4 is 33.4 Å². The van der Waals surface area contributed by atoms with Crippen molar-refractivity contribution in [1.29, 1.82) is 0 Å². The molecule has 0 aliphatic rings. The van der Waals surface area contributed by atoms with Crippen molar-refractivity contribution in [2.24, 2.45) is 0 Å². The summed E-state index contributed by atoms with van der Waals surface area (Å²) in [5.74, 6) is -2.19. The van der Waals surface area contributed by atoms with Crippen molar-refractivity contribution < 1.29 is 80.2 Å². The Balaban J connectivity index is 0.000000468. The molecule has 0 amide bonds. The highest BCUT2D eigenvalue weighted by Gasteiger charge is 2.56. The van der Waals surface area contributed by atoms with Gasteiger partial charge in [-0.15, -0.1) is 0 Å². The molecule has 23 nitrogen and oxygen atoms in total. The van der Waals surface area contributed by atoms with E-state index in [2.05, 4.69) is 4.65 Å². The number of hydrogen-bond acceptors (Lipinski definition) is 17. The van der Waals surface area contributed by atoms with Crippen LogP contribution in [0.3, 0.4) is 0 Å². The first kappa shape index (κ1) is 53.6. The van der Waals surface area contributed by atoms with Crippen molar-refractivity contribution in [2.75, 3.05) is 50.0 Å². The van der Waals surface area contributed by atoms with E-state index in [1.807, 2.05) is 0 Å². The fourth-order valence-corrected chi connectivity index (χ4v) is 10.8. The first-order valence-electron chi connectivity index (χ1n) is 16.3. The molecule has 0 saturated heterocycles. The van der Waals surface area contributed by atoms with Crippen LogP contribution >= 0.6 is 14.5 Å². The molecule has 0 radical (unpaired) electrons. The van der Waals surface area contributed by atoms with Crippen molar-refractivity contribution in [2.45, 2.75) is 12.4 Å². The lowest BCUT2D eigenvalue weighted by Gasteiger charge is -2.27. The predicted molar refractivity (Wildman–Crippen MR) is 199 cm³/mol. The van der Waals surface area contributed by atoms with E-state index in [1.165, 1.54) is 24.3 Å². The molecule has 0 aliphatic carbocycles. The molecule has 3 aromatic carbocycles. The Labute approximate surface area is 343 Å². The molecule has 0 aromatic heterocycles. The summed E-state index contributed by atoms with van der Waals surface area (Å²) in [7, 11) is -9.68. The molecule has 0 heterocycles. The molecule has 336 valence electrons. The van der Waals surface area contributed by atoms with E-state index in [0.29, 0.717) is 0 Å². The van der Waals surface area contributed by atoms with Gasteiger partial charge in [0.1, 0.15) is 19.6 Å². The molecule has 3 rings (SSSR count). The maximum Gasteiger partial charge on any atom is 0.416 e. The third-order valence-corrected chi connectivity index (χ3v) is 14.3. The summed E-state index contributed by atoms with van der Waals surface area (Å²) in [6.45, 7) is 0. The maximum absolute atomic E-state index is 12.3. The molecule has 62 heavy (non-hydrogen) atoms. The monoisotopic (exact) mass is 932 g/mol. The average molecular weight is 932 g/mol. The zero-order chi connectivity index (χ0) is 47.6. The number of nitro groups is 6. The molecular formula is C30H29BF6N6O17P2. The van der Waals surface area contributed by atoms with Gasteiger partial charge in [0.2, 0.25) is 26.1 Å². The van der Waals surface area contributed by atoms with Gasteiger partial charge in [-0.3, -0.25) is 70.3 Å². The Bertz CT molecular complexity index is 1870. The molecule has 0 spiro atoms. The van der Waals surface area contributed by atoms with Gasteiger partial charge in [-0.2, -0.15) is 26.3 Å². The third kappa shape index (κ3) is 20.3. The summed E-state index contributed by atoms with van der Waals surface area (Å²) < 4.78 is 77.5. The molecule has 0 saturated carbocycles. The second kappa shape index (κ2) is 23.6. The Hall–Kier alpha value is -6.38. The number of halogens is 6. The number of carbonyl (C=O) groups is 2. The largest absolute Gasteiger partial charge is 0.860 e. The van der Waals surface area contributed by atoms with Crippen molar-refractivity contribution in [3.05, 3.63) is 162 Å². The van der Waals surface area contributed by atoms with Crippen LogP contribution < -0.4 is 14.7 Å². The normalized spacial score (nSPS) is 11.4. The van der Waals surface area contributed by atoms with Crippen molar-refractivity contribution in [3.63, 3.8) is 0 Å². The zero-order valence-electron chi connectivity index (χ0n) is 31.0.